The van der Waals surface area contributed by atoms with E-state index in [9.17, 15) is 4.79 Å². The number of amides is 1. The molecular formula is C17H30N4O2. The Bertz CT molecular complexity index is 521. The SMILES string of the molecule is C[C@H](NC(=O)OC(C)(C)C)[C@H]1CCCN(Cc2cnn(C)c2)C1. The molecule has 6 nitrogen and oxygen atoms in total. The summed E-state index contributed by atoms with van der Waals surface area (Å²) in [5.41, 5.74) is 0.781. The Morgan fingerprint density at radius 1 is 1.52 bits per heavy atom. The lowest BCUT2D eigenvalue weighted by molar-refractivity contribution is 0.0466. The van der Waals surface area contributed by atoms with Gasteiger partial charge >= 0.3 is 6.09 Å². The molecule has 2 rings (SSSR count). The summed E-state index contributed by atoms with van der Waals surface area (Å²) in [5, 5.41) is 7.22. The smallest absolute Gasteiger partial charge is 0.407 e. The van der Waals surface area contributed by atoms with Crippen LogP contribution in [0, 0.1) is 5.92 Å². The van der Waals surface area contributed by atoms with Gasteiger partial charge in [-0.3, -0.25) is 9.58 Å². The van der Waals surface area contributed by atoms with Crippen LogP contribution in [0.15, 0.2) is 12.4 Å². The van der Waals surface area contributed by atoms with Crippen molar-refractivity contribution in [2.45, 2.75) is 58.7 Å². The quantitative estimate of drug-likeness (QED) is 0.925. The van der Waals surface area contributed by atoms with Crippen molar-refractivity contribution in [3.05, 3.63) is 18.0 Å². The molecule has 1 amide bonds. The molecule has 1 saturated heterocycles. The molecule has 6 heteroatoms. The Kier molecular flexibility index (Phi) is 5.68. The van der Waals surface area contributed by atoms with E-state index in [0.717, 1.165) is 32.5 Å². The highest BCUT2D eigenvalue weighted by molar-refractivity contribution is 5.68. The fourth-order valence-electron chi connectivity index (χ4n) is 3.07. The zero-order valence-electron chi connectivity index (χ0n) is 15.0. The summed E-state index contributed by atoms with van der Waals surface area (Å²) >= 11 is 0. The van der Waals surface area contributed by atoms with E-state index in [-0.39, 0.29) is 12.1 Å². The van der Waals surface area contributed by atoms with Gasteiger partial charge in [-0.2, -0.15) is 5.10 Å². The van der Waals surface area contributed by atoms with Gasteiger partial charge in [0.2, 0.25) is 0 Å². The molecule has 1 fully saturated rings. The average Bonchev–Trinajstić information content (AvgIpc) is 2.82. The summed E-state index contributed by atoms with van der Waals surface area (Å²) in [7, 11) is 1.94. The van der Waals surface area contributed by atoms with Crippen LogP contribution in [0.3, 0.4) is 0 Å². The van der Waals surface area contributed by atoms with Gasteiger partial charge in [0.1, 0.15) is 5.60 Å². The number of rotatable bonds is 4. The van der Waals surface area contributed by atoms with Crippen LogP contribution in [-0.2, 0) is 18.3 Å². The minimum atomic E-state index is -0.456. The molecule has 1 aliphatic heterocycles. The molecule has 0 saturated carbocycles. The first-order valence-corrected chi connectivity index (χ1v) is 8.42. The fourth-order valence-corrected chi connectivity index (χ4v) is 3.07. The molecule has 2 atom stereocenters. The number of likely N-dealkylation sites (tertiary alicyclic amines) is 1. The highest BCUT2D eigenvalue weighted by atomic mass is 16.6. The molecule has 0 aromatic carbocycles. The molecule has 0 aliphatic carbocycles. The van der Waals surface area contributed by atoms with Crippen molar-refractivity contribution >= 4 is 6.09 Å². The molecule has 0 bridgehead atoms. The Labute approximate surface area is 139 Å². The second-order valence-electron chi connectivity index (χ2n) is 7.59. The van der Waals surface area contributed by atoms with E-state index < -0.39 is 5.60 Å². The van der Waals surface area contributed by atoms with Crippen LogP contribution < -0.4 is 5.32 Å². The molecule has 0 unspecified atom stereocenters. The Hall–Kier alpha value is -1.56. The van der Waals surface area contributed by atoms with Crippen LogP contribution >= 0.6 is 0 Å². The number of nitrogens with zero attached hydrogens (tertiary/aromatic N) is 3. The van der Waals surface area contributed by atoms with Crippen LogP contribution in [0.2, 0.25) is 0 Å². The zero-order chi connectivity index (χ0) is 17.0. The van der Waals surface area contributed by atoms with Crippen molar-refractivity contribution in [2.24, 2.45) is 13.0 Å². The molecule has 23 heavy (non-hydrogen) atoms. The van der Waals surface area contributed by atoms with Crippen molar-refractivity contribution < 1.29 is 9.53 Å². The van der Waals surface area contributed by atoms with E-state index in [2.05, 4.69) is 28.4 Å². The lowest BCUT2D eigenvalue weighted by atomic mass is 9.91. The topological polar surface area (TPSA) is 59.4 Å². The van der Waals surface area contributed by atoms with Gasteiger partial charge in [0.15, 0.2) is 0 Å². The number of aryl methyl sites for hydroxylation is 1. The van der Waals surface area contributed by atoms with Crippen molar-refractivity contribution in [1.29, 1.82) is 0 Å². The molecule has 2 heterocycles. The number of carbonyl (C=O) groups is 1. The van der Waals surface area contributed by atoms with Crippen LogP contribution in [0.25, 0.3) is 0 Å². The summed E-state index contributed by atoms with van der Waals surface area (Å²) < 4.78 is 7.19. The normalized spacial score (nSPS) is 21.0. The Morgan fingerprint density at radius 2 is 2.26 bits per heavy atom. The standard InChI is InChI=1S/C17H30N4O2/c1-13(19-16(22)23-17(2,3)4)15-7-6-8-21(12-15)11-14-9-18-20(5)10-14/h9-10,13,15H,6-8,11-12H2,1-5H3,(H,19,22)/t13-,15-/m0/s1. The summed E-state index contributed by atoms with van der Waals surface area (Å²) in [6, 6.07) is 0.113. The van der Waals surface area contributed by atoms with E-state index in [1.165, 1.54) is 5.56 Å². The van der Waals surface area contributed by atoms with Gasteiger partial charge in [0.25, 0.3) is 0 Å². The first-order chi connectivity index (χ1) is 10.7. The molecular weight excluding hydrogens is 292 g/mol. The van der Waals surface area contributed by atoms with Crippen LogP contribution in [-0.4, -0.2) is 45.5 Å². The van der Waals surface area contributed by atoms with Crippen molar-refractivity contribution in [2.75, 3.05) is 13.1 Å². The predicted octanol–water partition coefficient (Wildman–Crippen LogP) is 2.55. The number of ether oxygens (including phenoxy) is 1. The van der Waals surface area contributed by atoms with E-state index in [4.69, 9.17) is 4.74 Å². The first-order valence-electron chi connectivity index (χ1n) is 8.42. The molecule has 1 aliphatic rings. The molecule has 0 radical (unpaired) electrons. The van der Waals surface area contributed by atoms with Crippen LogP contribution in [0.1, 0.15) is 46.1 Å². The Morgan fingerprint density at radius 3 is 2.87 bits per heavy atom. The summed E-state index contributed by atoms with van der Waals surface area (Å²) in [4.78, 5) is 14.4. The van der Waals surface area contributed by atoms with Gasteiger partial charge in [-0.1, -0.05) is 0 Å². The minimum absolute atomic E-state index is 0.113. The number of aromatic nitrogens is 2. The average molecular weight is 322 g/mol. The molecule has 1 N–H and O–H groups in total. The van der Waals surface area contributed by atoms with Crippen molar-refractivity contribution in [3.63, 3.8) is 0 Å². The maximum absolute atomic E-state index is 11.9. The third-order valence-electron chi connectivity index (χ3n) is 4.16. The van der Waals surface area contributed by atoms with Gasteiger partial charge in [0, 0.05) is 37.9 Å². The van der Waals surface area contributed by atoms with E-state index in [0.29, 0.717) is 5.92 Å². The molecule has 1 aromatic heterocycles. The highest BCUT2D eigenvalue weighted by Gasteiger charge is 2.27. The van der Waals surface area contributed by atoms with Gasteiger partial charge < -0.3 is 10.1 Å². The van der Waals surface area contributed by atoms with Gasteiger partial charge in [-0.05, 0) is 53.0 Å². The van der Waals surface area contributed by atoms with Gasteiger partial charge in [-0.25, -0.2) is 4.79 Å². The summed E-state index contributed by atoms with van der Waals surface area (Å²) in [6.45, 7) is 10.7. The van der Waals surface area contributed by atoms with Crippen molar-refractivity contribution in [3.8, 4) is 0 Å². The van der Waals surface area contributed by atoms with Gasteiger partial charge in [0.05, 0.1) is 6.20 Å². The fraction of sp³-hybridized carbons (Fsp3) is 0.765. The summed E-state index contributed by atoms with van der Waals surface area (Å²) in [6.07, 6.45) is 5.96. The van der Waals surface area contributed by atoms with E-state index in [1.54, 1.807) is 0 Å². The monoisotopic (exact) mass is 322 g/mol. The number of nitrogens with one attached hydrogen (secondary N) is 1. The van der Waals surface area contributed by atoms with Gasteiger partial charge in [-0.15, -0.1) is 0 Å². The third-order valence-corrected chi connectivity index (χ3v) is 4.16. The third kappa shape index (κ3) is 5.86. The molecule has 1 aromatic rings. The number of alkyl carbamates (subject to hydrolysis) is 1. The molecule has 0 spiro atoms. The van der Waals surface area contributed by atoms with Crippen LogP contribution in [0.4, 0.5) is 4.79 Å². The molecule has 130 valence electrons. The van der Waals surface area contributed by atoms with E-state index >= 15 is 0 Å². The number of carbonyl (C=O) groups excluding carboxylic acids is 1. The number of hydrogen-bond acceptors (Lipinski definition) is 4. The second-order valence-corrected chi connectivity index (χ2v) is 7.59. The highest BCUT2D eigenvalue weighted by Crippen LogP contribution is 2.21. The van der Waals surface area contributed by atoms with Crippen LogP contribution in [0.5, 0.6) is 0 Å². The second kappa shape index (κ2) is 7.34. The lowest BCUT2D eigenvalue weighted by Crippen LogP contribution is -2.47. The number of piperidine rings is 1. The Balaban J connectivity index is 1.83. The predicted molar refractivity (Wildman–Crippen MR) is 90.0 cm³/mol. The number of hydrogen-bond donors (Lipinski definition) is 1. The summed E-state index contributed by atoms with van der Waals surface area (Å²) in [5.74, 6) is 0.452. The minimum Gasteiger partial charge on any atom is -0.444 e. The zero-order valence-corrected chi connectivity index (χ0v) is 15.0. The van der Waals surface area contributed by atoms with Crippen molar-refractivity contribution in [1.82, 2.24) is 20.0 Å². The van der Waals surface area contributed by atoms with E-state index in [1.807, 2.05) is 38.7 Å². The lowest BCUT2D eigenvalue weighted by Gasteiger charge is -2.36. The largest absolute Gasteiger partial charge is 0.444 e. The maximum atomic E-state index is 11.9. The first kappa shape index (κ1) is 17.8. The maximum Gasteiger partial charge on any atom is 0.407 e.